The summed E-state index contributed by atoms with van der Waals surface area (Å²) < 4.78 is 16.8. The summed E-state index contributed by atoms with van der Waals surface area (Å²) in [6.07, 6.45) is 2.25. The molecule has 5 atom stereocenters. The van der Waals surface area contributed by atoms with E-state index in [1.165, 1.54) is 12.2 Å². The third-order valence-corrected chi connectivity index (χ3v) is 7.83. The van der Waals surface area contributed by atoms with Crippen molar-refractivity contribution in [3.05, 3.63) is 83.9 Å². The van der Waals surface area contributed by atoms with Gasteiger partial charge in [-0.05, 0) is 64.0 Å². The van der Waals surface area contributed by atoms with Crippen molar-refractivity contribution in [2.75, 3.05) is 6.54 Å². The number of carbonyl (C=O) groups is 5. The lowest BCUT2D eigenvalue weighted by atomic mass is 9.96. The molecular weight excluding hydrogens is 640 g/mol. The molecule has 2 aromatic carbocycles. The maximum atomic E-state index is 13.8. The van der Waals surface area contributed by atoms with Crippen molar-refractivity contribution in [3.8, 4) is 0 Å². The van der Waals surface area contributed by atoms with Gasteiger partial charge in [0.25, 0.3) is 0 Å². The molecule has 0 aliphatic carbocycles. The fraction of sp³-hybridized carbons (Fsp3) is 0.500. The number of rotatable bonds is 17. The molecule has 0 bridgehead atoms. The van der Waals surface area contributed by atoms with Crippen LogP contribution in [0.15, 0.2) is 72.8 Å². The summed E-state index contributed by atoms with van der Waals surface area (Å²) in [7, 11) is 0. The highest BCUT2D eigenvalue weighted by atomic mass is 16.6. The first-order valence-corrected chi connectivity index (χ1v) is 17.1. The third-order valence-electron chi connectivity index (χ3n) is 7.83. The average Bonchev–Trinajstić information content (AvgIpc) is 3.47. The van der Waals surface area contributed by atoms with Crippen LogP contribution in [0, 0.1) is 11.8 Å². The van der Waals surface area contributed by atoms with Gasteiger partial charge >= 0.3 is 12.1 Å². The molecule has 272 valence electrons. The Bertz CT molecular complexity index is 1440. The standard InChI is InChI=1S/C38H52N4O8/c1-25(2)21-31(41-36(46)33(26(3)50-38(4,5)6)42-37(47)49-24-28-15-11-8-12-16-28)35(45)40-30(22-29-19-20-39-34(29)44)17-18-32(43)48-23-27-13-9-7-10-14-27/h7-18,25-26,29-31,33H,19-24H2,1-6H3,(H,39,44)(H,40,45)(H,41,46)(H,42,47)/b18-17+/t26?,29?,30-,31+,33+/m1/s1. The smallest absolute Gasteiger partial charge is 0.408 e. The number of amides is 4. The van der Waals surface area contributed by atoms with Crippen LogP contribution < -0.4 is 21.3 Å². The Morgan fingerprint density at radius 1 is 0.860 bits per heavy atom. The van der Waals surface area contributed by atoms with Crippen LogP contribution in [0.25, 0.3) is 0 Å². The molecule has 12 heteroatoms. The molecule has 0 radical (unpaired) electrons. The van der Waals surface area contributed by atoms with E-state index in [2.05, 4.69) is 21.3 Å². The molecule has 2 unspecified atom stereocenters. The Morgan fingerprint density at radius 3 is 2.00 bits per heavy atom. The molecule has 1 aliphatic rings. The van der Waals surface area contributed by atoms with E-state index in [0.717, 1.165) is 11.1 Å². The zero-order valence-corrected chi connectivity index (χ0v) is 29.9. The van der Waals surface area contributed by atoms with Gasteiger partial charge in [-0.15, -0.1) is 0 Å². The monoisotopic (exact) mass is 692 g/mol. The summed E-state index contributed by atoms with van der Waals surface area (Å²) in [6.45, 7) is 11.6. The molecule has 1 fully saturated rings. The summed E-state index contributed by atoms with van der Waals surface area (Å²) in [6, 6.07) is 15.4. The van der Waals surface area contributed by atoms with Crippen molar-refractivity contribution in [1.82, 2.24) is 21.3 Å². The fourth-order valence-electron chi connectivity index (χ4n) is 5.49. The van der Waals surface area contributed by atoms with Gasteiger partial charge in [-0.25, -0.2) is 9.59 Å². The molecule has 0 saturated carbocycles. The van der Waals surface area contributed by atoms with Gasteiger partial charge in [0.15, 0.2) is 0 Å². The summed E-state index contributed by atoms with van der Waals surface area (Å²) >= 11 is 0. The molecule has 0 aromatic heterocycles. The zero-order chi connectivity index (χ0) is 36.7. The van der Waals surface area contributed by atoms with E-state index in [-0.39, 0.29) is 43.8 Å². The van der Waals surface area contributed by atoms with Crippen molar-refractivity contribution >= 4 is 29.8 Å². The minimum Gasteiger partial charge on any atom is -0.458 e. The van der Waals surface area contributed by atoms with E-state index in [1.54, 1.807) is 6.92 Å². The normalized spacial score (nSPS) is 16.9. The molecule has 50 heavy (non-hydrogen) atoms. The van der Waals surface area contributed by atoms with Crippen LogP contribution in [-0.4, -0.2) is 66.2 Å². The van der Waals surface area contributed by atoms with Crippen LogP contribution in [-0.2, 0) is 46.6 Å². The third kappa shape index (κ3) is 14.4. The van der Waals surface area contributed by atoms with Gasteiger partial charge in [0.05, 0.1) is 11.7 Å². The van der Waals surface area contributed by atoms with E-state index in [9.17, 15) is 24.0 Å². The summed E-state index contributed by atoms with van der Waals surface area (Å²) in [4.78, 5) is 65.5. The molecule has 2 aromatic rings. The average molecular weight is 693 g/mol. The first-order chi connectivity index (χ1) is 23.7. The highest BCUT2D eigenvalue weighted by molar-refractivity contribution is 5.92. The fourth-order valence-corrected chi connectivity index (χ4v) is 5.49. The van der Waals surface area contributed by atoms with Crippen LogP contribution in [0.3, 0.4) is 0 Å². The number of ether oxygens (including phenoxy) is 3. The van der Waals surface area contributed by atoms with E-state index < -0.39 is 53.7 Å². The highest BCUT2D eigenvalue weighted by Gasteiger charge is 2.35. The van der Waals surface area contributed by atoms with E-state index in [1.807, 2.05) is 95.3 Å². The van der Waals surface area contributed by atoms with Gasteiger partial charge in [-0.1, -0.05) is 80.6 Å². The van der Waals surface area contributed by atoms with Crippen molar-refractivity contribution < 1.29 is 38.2 Å². The first-order valence-electron chi connectivity index (χ1n) is 17.1. The van der Waals surface area contributed by atoms with Crippen LogP contribution in [0.2, 0.25) is 0 Å². The van der Waals surface area contributed by atoms with Crippen molar-refractivity contribution in [2.24, 2.45) is 11.8 Å². The summed E-state index contributed by atoms with van der Waals surface area (Å²) in [5.41, 5.74) is 0.962. The zero-order valence-electron chi connectivity index (χ0n) is 29.9. The molecule has 1 aliphatic heterocycles. The molecule has 1 heterocycles. The molecule has 4 N–H and O–H groups in total. The second-order valence-electron chi connectivity index (χ2n) is 13.9. The van der Waals surface area contributed by atoms with Gasteiger partial charge in [-0.3, -0.25) is 14.4 Å². The van der Waals surface area contributed by atoms with Gasteiger partial charge in [0.2, 0.25) is 17.7 Å². The summed E-state index contributed by atoms with van der Waals surface area (Å²) in [5.74, 6) is -2.24. The number of carbonyl (C=O) groups excluding carboxylic acids is 5. The Hall–Kier alpha value is -4.71. The van der Waals surface area contributed by atoms with E-state index >= 15 is 0 Å². The van der Waals surface area contributed by atoms with Crippen molar-refractivity contribution in [1.29, 1.82) is 0 Å². The minimum atomic E-state index is -1.20. The molecule has 1 saturated heterocycles. The minimum absolute atomic E-state index is 0.000822. The van der Waals surface area contributed by atoms with Crippen LogP contribution in [0.4, 0.5) is 4.79 Å². The van der Waals surface area contributed by atoms with E-state index in [4.69, 9.17) is 14.2 Å². The molecule has 0 spiro atoms. The maximum Gasteiger partial charge on any atom is 0.408 e. The van der Waals surface area contributed by atoms with Crippen molar-refractivity contribution in [2.45, 2.75) is 104 Å². The molecule has 12 nitrogen and oxygen atoms in total. The predicted molar refractivity (Wildman–Crippen MR) is 188 cm³/mol. The lowest BCUT2D eigenvalue weighted by Gasteiger charge is -2.32. The highest BCUT2D eigenvalue weighted by Crippen LogP contribution is 2.18. The molecule has 3 rings (SSSR count). The van der Waals surface area contributed by atoms with Gasteiger partial charge in [0.1, 0.15) is 25.3 Å². The summed E-state index contributed by atoms with van der Waals surface area (Å²) in [5, 5.41) is 11.1. The van der Waals surface area contributed by atoms with Crippen molar-refractivity contribution in [3.63, 3.8) is 0 Å². The SMILES string of the molecule is CC(C)C[C@H](NC(=O)[C@@H](NC(=O)OCc1ccccc1)C(C)OC(C)(C)C)C(=O)N[C@H](/C=C/C(=O)OCc1ccccc1)CC1CCNC1=O. The number of esters is 1. The topological polar surface area (TPSA) is 161 Å². The van der Waals surface area contributed by atoms with Crippen LogP contribution >= 0.6 is 0 Å². The maximum absolute atomic E-state index is 13.8. The second-order valence-corrected chi connectivity index (χ2v) is 13.9. The van der Waals surface area contributed by atoms with E-state index in [0.29, 0.717) is 13.0 Å². The second kappa shape index (κ2) is 19.5. The largest absolute Gasteiger partial charge is 0.458 e. The van der Waals surface area contributed by atoms with Gasteiger partial charge in [0, 0.05) is 24.6 Å². The quantitative estimate of drug-likeness (QED) is 0.141. The Kier molecular flexibility index (Phi) is 15.5. The predicted octanol–water partition coefficient (Wildman–Crippen LogP) is 4.33. The Morgan fingerprint density at radius 2 is 1.46 bits per heavy atom. The van der Waals surface area contributed by atoms with Gasteiger partial charge < -0.3 is 35.5 Å². The number of hydrogen-bond donors (Lipinski definition) is 4. The Balaban J connectivity index is 1.74. The lowest BCUT2D eigenvalue weighted by molar-refractivity contribution is -0.139. The first kappa shape index (κ1) is 39.7. The van der Waals surface area contributed by atoms with Crippen LogP contribution in [0.5, 0.6) is 0 Å². The molecule has 4 amide bonds. The Labute approximate surface area is 295 Å². The molecular formula is C38H52N4O8. The van der Waals surface area contributed by atoms with Crippen LogP contribution in [0.1, 0.15) is 71.9 Å². The van der Waals surface area contributed by atoms with Gasteiger partial charge in [-0.2, -0.15) is 0 Å². The number of hydrogen-bond acceptors (Lipinski definition) is 8. The lowest BCUT2D eigenvalue weighted by Crippen LogP contribution is -2.59. The number of nitrogens with one attached hydrogen (secondary N) is 4. The number of alkyl carbamates (subject to hydrolysis) is 1. The number of benzene rings is 2.